The van der Waals surface area contributed by atoms with Crippen molar-refractivity contribution < 1.29 is 4.74 Å². The summed E-state index contributed by atoms with van der Waals surface area (Å²) in [5.41, 5.74) is 4.66. The maximum Gasteiger partial charge on any atom is 0.127 e. The van der Waals surface area contributed by atoms with Gasteiger partial charge in [0.05, 0.1) is 0 Å². The Kier molecular flexibility index (Phi) is 5.99. The summed E-state index contributed by atoms with van der Waals surface area (Å²) in [6, 6.07) is 36.8. The standard InChI is InChI=1S/C28H22O/c1-3-7-23(8-4-1)11-13-25-15-19-27(20-16-25)29-28-21-17-26(18-22-28)14-12-24-9-5-2-6-10-24/h1-22H/b13-11+,14-12+. The summed E-state index contributed by atoms with van der Waals surface area (Å²) in [5.74, 6) is 1.66. The van der Waals surface area contributed by atoms with E-state index < -0.39 is 0 Å². The minimum Gasteiger partial charge on any atom is -0.457 e. The van der Waals surface area contributed by atoms with Crippen LogP contribution in [0.2, 0.25) is 0 Å². The van der Waals surface area contributed by atoms with Gasteiger partial charge in [0.15, 0.2) is 0 Å². The summed E-state index contributed by atoms with van der Waals surface area (Å²) in [4.78, 5) is 0. The second-order valence-corrected chi connectivity index (χ2v) is 6.73. The van der Waals surface area contributed by atoms with Crippen LogP contribution in [0.3, 0.4) is 0 Å². The summed E-state index contributed by atoms with van der Waals surface area (Å²) < 4.78 is 5.97. The van der Waals surface area contributed by atoms with Crippen molar-refractivity contribution in [1.82, 2.24) is 0 Å². The maximum atomic E-state index is 5.97. The van der Waals surface area contributed by atoms with Crippen molar-refractivity contribution in [2.24, 2.45) is 0 Å². The maximum absolute atomic E-state index is 5.97. The van der Waals surface area contributed by atoms with Gasteiger partial charge in [-0.25, -0.2) is 0 Å². The number of ether oxygens (including phenoxy) is 1. The van der Waals surface area contributed by atoms with E-state index in [2.05, 4.69) is 72.8 Å². The van der Waals surface area contributed by atoms with E-state index in [-0.39, 0.29) is 0 Å². The fourth-order valence-electron chi connectivity index (χ4n) is 2.94. The van der Waals surface area contributed by atoms with E-state index in [0.29, 0.717) is 0 Å². The monoisotopic (exact) mass is 374 g/mol. The molecule has 1 heteroatoms. The average Bonchev–Trinajstić information content (AvgIpc) is 2.80. The minimum absolute atomic E-state index is 0.828. The second kappa shape index (κ2) is 9.38. The van der Waals surface area contributed by atoms with Crippen LogP contribution >= 0.6 is 0 Å². The van der Waals surface area contributed by atoms with Crippen molar-refractivity contribution in [2.75, 3.05) is 0 Å². The molecule has 0 heterocycles. The Morgan fingerprint density at radius 3 is 1.00 bits per heavy atom. The molecule has 0 saturated heterocycles. The lowest BCUT2D eigenvalue weighted by Crippen LogP contribution is -1.84. The molecule has 0 bridgehead atoms. The third kappa shape index (κ3) is 5.57. The molecule has 0 spiro atoms. The first-order chi connectivity index (χ1) is 14.3. The van der Waals surface area contributed by atoms with Crippen LogP contribution in [0.15, 0.2) is 109 Å². The van der Waals surface area contributed by atoms with Crippen molar-refractivity contribution in [3.05, 3.63) is 131 Å². The first-order valence-corrected chi connectivity index (χ1v) is 9.69. The Hall–Kier alpha value is -3.84. The Morgan fingerprint density at radius 2 is 0.655 bits per heavy atom. The molecule has 140 valence electrons. The van der Waals surface area contributed by atoms with Gasteiger partial charge in [0, 0.05) is 0 Å². The van der Waals surface area contributed by atoms with Crippen LogP contribution in [-0.4, -0.2) is 0 Å². The van der Waals surface area contributed by atoms with Crippen LogP contribution in [0.5, 0.6) is 11.5 Å². The first kappa shape index (κ1) is 18.5. The topological polar surface area (TPSA) is 9.23 Å². The summed E-state index contributed by atoms with van der Waals surface area (Å²) in [6.07, 6.45) is 8.43. The predicted molar refractivity (Wildman–Crippen MR) is 124 cm³/mol. The molecule has 0 aliphatic rings. The summed E-state index contributed by atoms with van der Waals surface area (Å²) in [7, 11) is 0. The lowest BCUT2D eigenvalue weighted by molar-refractivity contribution is 0.482. The van der Waals surface area contributed by atoms with Gasteiger partial charge in [-0.05, 0) is 46.5 Å². The third-order valence-electron chi connectivity index (χ3n) is 4.53. The van der Waals surface area contributed by atoms with E-state index in [1.165, 1.54) is 11.1 Å². The number of rotatable bonds is 6. The van der Waals surface area contributed by atoms with Gasteiger partial charge < -0.3 is 4.74 Å². The lowest BCUT2D eigenvalue weighted by atomic mass is 10.1. The van der Waals surface area contributed by atoms with Crippen LogP contribution in [-0.2, 0) is 0 Å². The van der Waals surface area contributed by atoms with Gasteiger partial charge in [-0.2, -0.15) is 0 Å². The van der Waals surface area contributed by atoms with Crippen LogP contribution < -0.4 is 4.74 Å². The zero-order valence-corrected chi connectivity index (χ0v) is 16.1. The molecule has 0 aliphatic heterocycles. The molecular formula is C28H22O. The summed E-state index contributed by atoms with van der Waals surface area (Å²) in [5, 5.41) is 0. The van der Waals surface area contributed by atoms with Crippen LogP contribution in [0.4, 0.5) is 0 Å². The zero-order chi connectivity index (χ0) is 19.7. The van der Waals surface area contributed by atoms with E-state index in [9.17, 15) is 0 Å². The quantitative estimate of drug-likeness (QED) is 0.313. The Balaban J connectivity index is 1.36. The van der Waals surface area contributed by atoms with Gasteiger partial charge >= 0.3 is 0 Å². The molecule has 0 radical (unpaired) electrons. The smallest absolute Gasteiger partial charge is 0.127 e. The van der Waals surface area contributed by atoms with E-state index in [1.807, 2.05) is 60.7 Å². The van der Waals surface area contributed by atoms with Crippen molar-refractivity contribution in [3.63, 3.8) is 0 Å². The Bertz CT molecular complexity index is 984. The molecule has 4 aromatic rings. The average molecular weight is 374 g/mol. The lowest BCUT2D eigenvalue weighted by Gasteiger charge is -2.06. The Morgan fingerprint density at radius 1 is 0.345 bits per heavy atom. The highest BCUT2D eigenvalue weighted by Gasteiger charge is 1.98. The summed E-state index contributed by atoms with van der Waals surface area (Å²) >= 11 is 0. The number of hydrogen-bond acceptors (Lipinski definition) is 1. The molecule has 0 aromatic heterocycles. The third-order valence-corrected chi connectivity index (χ3v) is 4.53. The molecule has 0 N–H and O–H groups in total. The molecule has 0 saturated carbocycles. The molecule has 0 amide bonds. The normalized spacial score (nSPS) is 11.2. The van der Waals surface area contributed by atoms with Crippen molar-refractivity contribution >= 4 is 24.3 Å². The highest BCUT2D eigenvalue weighted by Crippen LogP contribution is 2.23. The molecule has 0 atom stereocenters. The zero-order valence-electron chi connectivity index (χ0n) is 16.1. The van der Waals surface area contributed by atoms with Crippen LogP contribution in [0, 0.1) is 0 Å². The second-order valence-electron chi connectivity index (χ2n) is 6.73. The molecule has 4 rings (SSSR count). The highest BCUT2D eigenvalue weighted by molar-refractivity contribution is 5.70. The number of hydrogen-bond donors (Lipinski definition) is 0. The van der Waals surface area contributed by atoms with Crippen molar-refractivity contribution in [2.45, 2.75) is 0 Å². The van der Waals surface area contributed by atoms with E-state index in [1.54, 1.807) is 0 Å². The molecule has 0 unspecified atom stereocenters. The fourth-order valence-corrected chi connectivity index (χ4v) is 2.94. The molecule has 1 nitrogen and oxygen atoms in total. The van der Waals surface area contributed by atoms with E-state index in [0.717, 1.165) is 22.6 Å². The molecule has 0 aliphatic carbocycles. The largest absolute Gasteiger partial charge is 0.457 e. The SMILES string of the molecule is C(=C\c1ccc(Oc2ccc(/C=C/c3ccccc3)cc2)cc1)/c1ccccc1. The first-order valence-electron chi connectivity index (χ1n) is 9.69. The van der Waals surface area contributed by atoms with Crippen molar-refractivity contribution in [1.29, 1.82) is 0 Å². The van der Waals surface area contributed by atoms with E-state index >= 15 is 0 Å². The van der Waals surface area contributed by atoms with Gasteiger partial charge in [0.25, 0.3) is 0 Å². The van der Waals surface area contributed by atoms with Gasteiger partial charge in [0.2, 0.25) is 0 Å². The molecule has 0 fully saturated rings. The fraction of sp³-hybridized carbons (Fsp3) is 0. The highest BCUT2D eigenvalue weighted by atomic mass is 16.5. The molecule has 4 aromatic carbocycles. The van der Waals surface area contributed by atoms with Crippen LogP contribution in [0.25, 0.3) is 24.3 Å². The summed E-state index contributed by atoms with van der Waals surface area (Å²) in [6.45, 7) is 0. The van der Waals surface area contributed by atoms with Gasteiger partial charge in [-0.15, -0.1) is 0 Å². The van der Waals surface area contributed by atoms with Gasteiger partial charge in [-0.3, -0.25) is 0 Å². The van der Waals surface area contributed by atoms with E-state index in [4.69, 9.17) is 4.74 Å². The molecule has 29 heavy (non-hydrogen) atoms. The number of benzene rings is 4. The predicted octanol–water partition coefficient (Wildman–Crippen LogP) is 7.82. The minimum atomic E-state index is 0.828. The Labute approximate surface area is 172 Å². The van der Waals surface area contributed by atoms with Crippen molar-refractivity contribution in [3.8, 4) is 11.5 Å². The van der Waals surface area contributed by atoms with Gasteiger partial charge in [-0.1, -0.05) is 109 Å². The van der Waals surface area contributed by atoms with Gasteiger partial charge in [0.1, 0.15) is 11.5 Å². The van der Waals surface area contributed by atoms with Crippen LogP contribution in [0.1, 0.15) is 22.3 Å². The molecular weight excluding hydrogens is 352 g/mol.